The topological polar surface area (TPSA) is 291 Å². The molecule has 0 bridgehead atoms. The molecule has 7 aliphatic rings. The van der Waals surface area contributed by atoms with E-state index in [1.165, 1.54) is 6.92 Å². The second-order valence-electron chi connectivity index (χ2n) is 22.6. The van der Waals surface area contributed by atoms with Crippen LogP contribution in [0, 0.1) is 16.7 Å². The lowest BCUT2D eigenvalue weighted by Crippen LogP contribution is -2.84. The number of fused-ring (bicyclic) bond motifs is 3. The molecule has 4 unspecified atom stereocenters. The fourth-order valence-electron chi connectivity index (χ4n) is 14.7. The van der Waals surface area contributed by atoms with Crippen LogP contribution >= 0.6 is 0 Å². The Hall–Kier alpha value is -6.76. The molecule has 7 fully saturated rings. The lowest BCUT2D eigenvalue weighted by Gasteiger charge is -2.61. The summed E-state index contributed by atoms with van der Waals surface area (Å²) >= 11 is 0. The molecule has 3 saturated heterocycles. The maximum absolute atomic E-state index is 15.6. The molecular weight excluding hydrogens is 941 g/mol. The van der Waals surface area contributed by atoms with Gasteiger partial charge in [0.2, 0.25) is 35.4 Å². The molecule has 19 nitrogen and oxygen atoms in total. The molecule has 6 amide bonds. The van der Waals surface area contributed by atoms with Gasteiger partial charge in [0.15, 0.2) is 11.7 Å². The first-order chi connectivity index (χ1) is 35.7. The summed E-state index contributed by atoms with van der Waals surface area (Å²) in [5.41, 5.74) is 10.4. The van der Waals surface area contributed by atoms with Crippen LogP contribution in [0.1, 0.15) is 120 Å². The minimum Gasteiger partial charge on any atom is -0.370 e. The van der Waals surface area contributed by atoms with Gasteiger partial charge in [-0.2, -0.15) is 0 Å². The average Bonchev–Trinajstić information content (AvgIpc) is 4.16. The largest absolute Gasteiger partial charge is 0.370 e. The van der Waals surface area contributed by atoms with Crippen LogP contribution in [0.15, 0.2) is 65.9 Å². The number of hydrogen-bond acceptors (Lipinski definition) is 9. The predicted molar refractivity (Wildman–Crippen MR) is 277 cm³/mol. The van der Waals surface area contributed by atoms with Crippen LogP contribution in [0.25, 0.3) is 21.8 Å². The third-order valence-corrected chi connectivity index (χ3v) is 18.4. The van der Waals surface area contributed by atoms with Crippen LogP contribution in [0.2, 0.25) is 0 Å². The highest BCUT2D eigenvalue weighted by atomic mass is 16.2. The van der Waals surface area contributed by atoms with E-state index in [0.29, 0.717) is 57.9 Å². The van der Waals surface area contributed by atoms with E-state index < -0.39 is 81.7 Å². The minimum atomic E-state index is -1.47. The highest BCUT2D eigenvalue weighted by Gasteiger charge is 2.88. The zero-order chi connectivity index (χ0) is 51.6. The molecule has 4 saturated carbocycles. The number of nitrogens with zero attached hydrogens (tertiary/aromatic N) is 2. The number of aromatic nitrogens is 2. The van der Waals surface area contributed by atoms with Crippen LogP contribution in [-0.2, 0) is 40.0 Å². The van der Waals surface area contributed by atoms with Gasteiger partial charge in [-0.15, -0.1) is 0 Å². The number of carbonyl (C=O) groups excluding carboxylic acids is 7. The molecule has 3 aliphatic heterocycles. The predicted octanol–water partition coefficient (Wildman–Crippen LogP) is 2.69. The van der Waals surface area contributed by atoms with Crippen LogP contribution in [0.5, 0.6) is 0 Å². The van der Waals surface area contributed by atoms with Crippen LogP contribution in [0.4, 0.5) is 0 Å². The summed E-state index contributed by atoms with van der Waals surface area (Å²) < 4.78 is 0. The maximum Gasteiger partial charge on any atom is 0.247 e. The summed E-state index contributed by atoms with van der Waals surface area (Å²) in [4.78, 5) is 116. The second-order valence-corrected chi connectivity index (χ2v) is 22.6. The van der Waals surface area contributed by atoms with E-state index in [-0.39, 0.29) is 61.8 Å². The number of amides is 6. The molecule has 392 valence electrons. The number of hydrogen-bond donors (Lipinski definition) is 10. The Morgan fingerprint density at radius 2 is 1.58 bits per heavy atom. The SMILES string of the molecule is CC(=O)N[C@@H](Cc1c[nH]c2ccccc12)C(=O)C12CCCC34CNC(=O)[C@H](CCCN=C(N)N)NC(=O)C5(C[C@H]5c5c[nH]c6ccccc56)NC(=O)[C@@H](CC5CCCCC5)NC(=O)[C@@H]5CCCN5C(=O)[C@@H](N1)C32C4. The van der Waals surface area contributed by atoms with E-state index in [2.05, 4.69) is 46.9 Å². The smallest absolute Gasteiger partial charge is 0.247 e. The second kappa shape index (κ2) is 19.2. The Balaban J connectivity index is 0.965. The Morgan fingerprint density at radius 3 is 2.35 bits per heavy atom. The molecule has 4 aromatic rings. The lowest BCUT2D eigenvalue weighted by atomic mass is 9.54. The van der Waals surface area contributed by atoms with Crippen molar-refractivity contribution in [3.63, 3.8) is 0 Å². The van der Waals surface area contributed by atoms with Crippen molar-refractivity contribution in [2.75, 3.05) is 19.6 Å². The Morgan fingerprint density at radius 1 is 0.838 bits per heavy atom. The number of para-hydroxylation sites is 2. The molecule has 74 heavy (non-hydrogen) atoms. The number of rotatable bonds is 12. The molecular formula is C55H70N12O7. The first-order valence-electron chi connectivity index (χ1n) is 27.0. The third kappa shape index (κ3) is 8.38. The van der Waals surface area contributed by atoms with Crippen molar-refractivity contribution < 1.29 is 33.6 Å². The number of benzene rings is 2. The van der Waals surface area contributed by atoms with Crippen molar-refractivity contribution in [3.8, 4) is 0 Å². The number of ketones is 1. The fraction of sp³-hybridized carbons (Fsp3) is 0.564. The van der Waals surface area contributed by atoms with E-state index >= 15 is 19.2 Å². The zero-order valence-electron chi connectivity index (χ0n) is 42.2. The van der Waals surface area contributed by atoms with Crippen LogP contribution < -0.4 is 43.4 Å². The van der Waals surface area contributed by atoms with Crippen LogP contribution in [0.3, 0.4) is 0 Å². The zero-order valence-corrected chi connectivity index (χ0v) is 42.2. The van der Waals surface area contributed by atoms with Gasteiger partial charge in [-0.3, -0.25) is 43.9 Å². The Bertz CT molecular complexity index is 2940. The molecule has 10 atom stereocenters. The summed E-state index contributed by atoms with van der Waals surface area (Å²) in [6.45, 7) is 2.00. The average molecular weight is 1010 g/mol. The molecule has 2 aromatic carbocycles. The molecule has 12 N–H and O–H groups in total. The fourth-order valence-corrected chi connectivity index (χ4v) is 14.7. The van der Waals surface area contributed by atoms with Crippen molar-refractivity contribution in [2.45, 2.75) is 157 Å². The van der Waals surface area contributed by atoms with E-state index in [9.17, 15) is 14.4 Å². The highest BCUT2D eigenvalue weighted by Crippen LogP contribution is 2.80. The van der Waals surface area contributed by atoms with Crippen molar-refractivity contribution in [1.29, 1.82) is 0 Å². The van der Waals surface area contributed by atoms with E-state index in [0.717, 1.165) is 65.0 Å². The number of aromatic amines is 2. The van der Waals surface area contributed by atoms with Gasteiger partial charge in [0, 0.05) is 78.5 Å². The van der Waals surface area contributed by atoms with Crippen molar-refractivity contribution in [2.24, 2.45) is 33.2 Å². The molecule has 0 radical (unpaired) electrons. The highest BCUT2D eigenvalue weighted by molar-refractivity contribution is 6.05. The maximum atomic E-state index is 15.6. The third-order valence-electron chi connectivity index (χ3n) is 18.4. The summed E-state index contributed by atoms with van der Waals surface area (Å²) in [6.07, 6.45) is 12.9. The van der Waals surface area contributed by atoms with Gasteiger partial charge in [0.05, 0.1) is 17.6 Å². The molecule has 5 heterocycles. The molecule has 11 rings (SSSR count). The van der Waals surface area contributed by atoms with Gasteiger partial charge in [0.1, 0.15) is 23.7 Å². The van der Waals surface area contributed by atoms with Gasteiger partial charge < -0.3 is 52.9 Å². The number of H-pyrrole nitrogens is 2. The van der Waals surface area contributed by atoms with E-state index in [1.54, 1.807) is 4.90 Å². The number of guanidine groups is 1. The standard InChI is InChI=1S/C55H70N12O7/c1-31(68)62-41(25-33-27-59-38-16-7-5-14-34(33)38)45(69)55-21-11-20-52-29-54(52,55)44(65-55)49(73)67-23-10-19-43(67)48(72)63-42(24-32-12-3-2-4-13-32)47(71)66-53(26-37(53)36-28-60-39-17-8-6-15-35(36)39)50(74)64-40(46(70)61-30-52)18-9-22-58-51(56)57/h5-8,14-17,27-28,32,37,40-44,59-60,65H,2-4,9-13,18-26,29-30H2,1H3,(H,61,70)(H,62,68)(H,63,72)(H,64,74)(H,66,71)(H4,56,57,58)/t37-,40-,41-,42+,43-,44+,52?,53?,54?,55?/m0/s1. The van der Waals surface area contributed by atoms with Gasteiger partial charge in [-0.1, -0.05) is 74.9 Å². The molecule has 2 spiro atoms. The Labute approximate surface area is 429 Å². The molecule has 19 heteroatoms. The first-order valence-corrected chi connectivity index (χ1v) is 27.0. The number of Topliss-reactive ketones (excluding diaryl/α,β-unsaturated/α-hetero) is 1. The van der Waals surface area contributed by atoms with Gasteiger partial charge in [-0.05, 0) is 92.4 Å². The van der Waals surface area contributed by atoms with Gasteiger partial charge in [0.25, 0.3) is 0 Å². The quantitative estimate of drug-likeness (QED) is 0.0563. The van der Waals surface area contributed by atoms with Gasteiger partial charge >= 0.3 is 0 Å². The van der Waals surface area contributed by atoms with Crippen LogP contribution in [-0.4, -0.2) is 123 Å². The summed E-state index contributed by atoms with van der Waals surface area (Å²) in [6, 6.07) is 10.7. The number of nitrogens with two attached hydrogens (primary N) is 2. The molecule has 4 aliphatic carbocycles. The van der Waals surface area contributed by atoms with Crippen molar-refractivity contribution in [3.05, 3.63) is 72.1 Å². The number of carbonyl (C=O) groups is 7. The van der Waals surface area contributed by atoms with Crippen molar-refractivity contribution >= 4 is 69.0 Å². The minimum absolute atomic E-state index is 0.103. The van der Waals surface area contributed by atoms with Crippen molar-refractivity contribution in [1.82, 2.24) is 46.8 Å². The first kappa shape index (κ1) is 49.5. The summed E-state index contributed by atoms with van der Waals surface area (Å²) in [5.74, 6) is -3.22. The lowest BCUT2D eigenvalue weighted by molar-refractivity contribution is -0.163. The summed E-state index contributed by atoms with van der Waals surface area (Å²) in [5, 5.41) is 21.0. The normalized spacial score (nSPS) is 32.6. The molecule has 2 aromatic heterocycles. The van der Waals surface area contributed by atoms with E-state index in [1.807, 2.05) is 60.9 Å². The summed E-state index contributed by atoms with van der Waals surface area (Å²) in [7, 11) is 0. The monoisotopic (exact) mass is 1010 g/mol. The number of nitrogens with one attached hydrogen (secondary N) is 8. The number of aliphatic imine (C=N–C) groups is 1. The van der Waals surface area contributed by atoms with Gasteiger partial charge in [-0.25, -0.2) is 0 Å². The van der Waals surface area contributed by atoms with E-state index in [4.69, 9.17) is 11.5 Å². The Kier molecular flexibility index (Phi) is 12.8.